The molecule has 0 aliphatic carbocycles. The lowest BCUT2D eigenvalue weighted by atomic mass is 10.1. The number of hydrogen-bond donors (Lipinski definition) is 0. The van der Waals surface area contributed by atoms with Crippen molar-refractivity contribution in [1.29, 1.82) is 0 Å². The standard InChI is InChI=1S/C26H25F3N2O2/c1-3-13-30(2)25(32)15-19-5-4-6-22(14-19)31(17-18-7-9-20(27)10-8-18)26(33)23-12-11-21(28)16-24(23)29/h4-12,14,16H,3,13,15,17H2,1-2H3. The molecule has 0 aliphatic heterocycles. The van der Waals surface area contributed by atoms with Crippen LogP contribution in [0.1, 0.15) is 34.8 Å². The molecule has 4 nitrogen and oxygen atoms in total. The van der Waals surface area contributed by atoms with Gasteiger partial charge in [-0.05, 0) is 53.9 Å². The molecule has 0 bridgehead atoms. The second-order valence-corrected chi connectivity index (χ2v) is 7.80. The zero-order valence-electron chi connectivity index (χ0n) is 18.5. The van der Waals surface area contributed by atoms with Crippen molar-refractivity contribution in [3.8, 4) is 0 Å². The maximum Gasteiger partial charge on any atom is 0.261 e. The van der Waals surface area contributed by atoms with Gasteiger partial charge in [0.2, 0.25) is 5.91 Å². The predicted octanol–water partition coefficient (Wildman–Crippen LogP) is 5.36. The van der Waals surface area contributed by atoms with E-state index >= 15 is 0 Å². The van der Waals surface area contributed by atoms with E-state index < -0.39 is 23.4 Å². The van der Waals surface area contributed by atoms with E-state index in [0.29, 0.717) is 29.4 Å². The first-order valence-corrected chi connectivity index (χ1v) is 10.6. The summed E-state index contributed by atoms with van der Waals surface area (Å²) in [7, 11) is 1.73. The molecule has 33 heavy (non-hydrogen) atoms. The van der Waals surface area contributed by atoms with Gasteiger partial charge in [-0.15, -0.1) is 0 Å². The highest BCUT2D eigenvalue weighted by Gasteiger charge is 2.22. The second-order valence-electron chi connectivity index (χ2n) is 7.80. The molecule has 0 unspecified atom stereocenters. The van der Waals surface area contributed by atoms with Crippen LogP contribution in [-0.2, 0) is 17.8 Å². The lowest BCUT2D eigenvalue weighted by Gasteiger charge is -2.24. The predicted molar refractivity (Wildman–Crippen MR) is 121 cm³/mol. The third-order valence-electron chi connectivity index (χ3n) is 5.22. The Bertz CT molecular complexity index is 1130. The molecule has 172 valence electrons. The minimum Gasteiger partial charge on any atom is -0.345 e. The van der Waals surface area contributed by atoms with Gasteiger partial charge in [-0.2, -0.15) is 0 Å². The number of carbonyl (C=O) groups is 2. The molecule has 0 saturated carbocycles. The van der Waals surface area contributed by atoms with Crippen LogP contribution >= 0.6 is 0 Å². The lowest BCUT2D eigenvalue weighted by molar-refractivity contribution is -0.129. The number of rotatable bonds is 8. The molecule has 0 N–H and O–H groups in total. The Labute approximate surface area is 191 Å². The summed E-state index contributed by atoms with van der Waals surface area (Å²) in [6.07, 6.45) is 0.985. The van der Waals surface area contributed by atoms with Crippen LogP contribution in [0.2, 0.25) is 0 Å². The first-order valence-electron chi connectivity index (χ1n) is 10.6. The Morgan fingerprint density at radius 1 is 0.848 bits per heavy atom. The summed E-state index contributed by atoms with van der Waals surface area (Å²) in [5.41, 5.74) is 1.47. The number of nitrogens with zero attached hydrogens (tertiary/aromatic N) is 2. The van der Waals surface area contributed by atoms with E-state index in [4.69, 9.17) is 0 Å². The van der Waals surface area contributed by atoms with Crippen molar-refractivity contribution >= 4 is 17.5 Å². The van der Waals surface area contributed by atoms with Crippen LogP contribution in [0.3, 0.4) is 0 Å². The maximum atomic E-state index is 14.4. The molecule has 0 radical (unpaired) electrons. The van der Waals surface area contributed by atoms with Gasteiger partial charge >= 0.3 is 0 Å². The Hall–Kier alpha value is -3.61. The highest BCUT2D eigenvalue weighted by Crippen LogP contribution is 2.24. The van der Waals surface area contributed by atoms with Crippen LogP contribution in [0.25, 0.3) is 0 Å². The summed E-state index contributed by atoms with van der Waals surface area (Å²) >= 11 is 0. The molecule has 0 heterocycles. The first kappa shape index (κ1) is 24.0. The van der Waals surface area contributed by atoms with Crippen LogP contribution < -0.4 is 4.90 Å². The molecule has 0 saturated heterocycles. The number of carbonyl (C=O) groups excluding carboxylic acids is 2. The normalized spacial score (nSPS) is 10.7. The average Bonchev–Trinajstić information content (AvgIpc) is 2.78. The Morgan fingerprint density at radius 3 is 2.21 bits per heavy atom. The highest BCUT2D eigenvalue weighted by molar-refractivity contribution is 6.06. The number of halogens is 3. The zero-order valence-corrected chi connectivity index (χ0v) is 18.5. The molecule has 0 aliphatic rings. The van der Waals surface area contributed by atoms with Gasteiger partial charge in [-0.25, -0.2) is 13.2 Å². The molecule has 3 aromatic carbocycles. The van der Waals surface area contributed by atoms with Gasteiger partial charge < -0.3 is 9.80 Å². The molecular weight excluding hydrogens is 429 g/mol. The van der Waals surface area contributed by atoms with Crippen molar-refractivity contribution in [2.75, 3.05) is 18.5 Å². The molecule has 3 aromatic rings. The summed E-state index contributed by atoms with van der Waals surface area (Å²) in [6.45, 7) is 2.65. The highest BCUT2D eigenvalue weighted by atomic mass is 19.1. The van der Waals surface area contributed by atoms with Gasteiger partial charge in [0.25, 0.3) is 5.91 Å². The van der Waals surface area contributed by atoms with Crippen LogP contribution in [0.15, 0.2) is 66.7 Å². The van der Waals surface area contributed by atoms with Crippen LogP contribution in [0, 0.1) is 17.5 Å². The number of hydrogen-bond acceptors (Lipinski definition) is 2. The molecule has 3 rings (SSSR count). The van der Waals surface area contributed by atoms with Crippen molar-refractivity contribution < 1.29 is 22.8 Å². The molecule has 0 fully saturated rings. The van der Waals surface area contributed by atoms with E-state index in [1.54, 1.807) is 36.2 Å². The number of amides is 2. The second kappa shape index (κ2) is 10.8. The third-order valence-corrected chi connectivity index (χ3v) is 5.22. The van der Waals surface area contributed by atoms with Crippen LogP contribution in [-0.4, -0.2) is 30.3 Å². The Balaban J connectivity index is 1.95. The van der Waals surface area contributed by atoms with Crippen molar-refractivity contribution in [3.05, 3.63) is 101 Å². The van der Waals surface area contributed by atoms with E-state index in [9.17, 15) is 22.8 Å². The number of anilines is 1. The average molecular weight is 454 g/mol. The molecule has 0 spiro atoms. The SMILES string of the molecule is CCCN(C)C(=O)Cc1cccc(N(Cc2ccc(F)cc2)C(=O)c2ccc(F)cc2F)c1. The van der Waals surface area contributed by atoms with Crippen molar-refractivity contribution in [2.45, 2.75) is 26.3 Å². The van der Waals surface area contributed by atoms with Crippen molar-refractivity contribution in [3.63, 3.8) is 0 Å². The monoisotopic (exact) mass is 454 g/mol. The Kier molecular flexibility index (Phi) is 7.87. The van der Waals surface area contributed by atoms with E-state index in [-0.39, 0.29) is 24.4 Å². The van der Waals surface area contributed by atoms with Gasteiger partial charge in [-0.3, -0.25) is 9.59 Å². The van der Waals surface area contributed by atoms with Gasteiger partial charge in [0, 0.05) is 25.3 Å². The number of benzene rings is 3. The minimum atomic E-state index is -0.975. The fourth-order valence-corrected chi connectivity index (χ4v) is 3.47. The maximum absolute atomic E-state index is 14.4. The van der Waals surface area contributed by atoms with Gasteiger partial charge in [0.05, 0.1) is 18.5 Å². The van der Waals surface area contributed by atoms with Crippen molar-refractivity contribution in [1.82, 2.24) is 4.90 Å². The van der Waals surface area contributed by atoms with Gasteiger partial charge in [-0.1, -0.05) is 31.2 Å². The third kappa shape index (κ3) is 6.22. The fraction of sp³-hybridized carbons (Fsp3) is 0.231. The molecule has 2 amide bonds. The number of likely N-dealkylation sites (N-methyl/N-ethyl adjacent to an activating group) is 1. The molecule has 0 atom stereocenters. The van der Waals surface area contributed by atoms with Crippen LogP contribution in [0.4, 0.5) is 18.9 Å². The van der Waals surface area contributed by atoms with E-state index in [2.05, 4.69) is 0 Å². The van der Waals surface area contributed by atoms with Crippen molar-refractivity contribution in [2.24, 2.45) is 0 Å². The quantitative estimate of drug-likeness (QED) is 0.460. The molecule has 0 aromatic heterocycles. The smallest absolute Gasteiger partial charge is 0.261 e. The molecule has 7 heteroatoms. The summed E-state index contributed by atoms with van der Waals surface area (Å²) in [4.78, 5) is 28.7. The zero-order chi connectivity index (χ0) is 24.0. The van der Waals surface area contributed by atoms with Crippen LogP contribution in [0.5, 0.6) is 0 Å². The van der Waals surface area contributed by atoms with Gasteiger partial charge in [0.1, 0.15) is 17.5 Å². The Morgan fingerprint density at radius 2 is 1.55 bits per heavy atom. The fourth-order valence-electron chi connectivity index (χ4n) is 3.47. The molecular formula is C26H25F3N2O2. The summed E-state index contributed by atoms with van der Waals surface area (Å²) in [5, 5.41) is 0. The minimum absolute atomic E-state index is 0.0308. The van der Waals surface area contributed by atoms with E-state index in [1.165, 1.54) is 29.2 Å². The lowest BCUT2D eigenvalue weighted by Crippen LogP contribution is -2.31. The van der Waals surface area contributed by atoms with E-state index in [0.717, 1.165) is 18.6 Å². The summed E-state index contributed by atoms with van der Waals surface area (Å²) in [6, 6.07) is 15.2. The summed E-state index contributed by atoms with van der Waals surface area (Å²) in [5.74, 6) is -2.92. The van der Waals surface area contributed by atoms with E-state index in [1.807, 2.05) is 6.92 Å². The first-order chi connectivity index (χ1) is 15.8. The largest absolute Gasteiger partial charge is 0.345 e. The topological polar surface area (TPSA) is 40.6 Å². The van der Waals surface area contributed by atoms with Gasteiger partial charge in [0.15, 0.2) is 0 Å². The summed E-state index contributed by atoms with van der Waals surface area (Å²) < 4.78 is 41.1.